The molecule has 43 heavy (non-hydrogen) atoms. The molecule has 1 atom stereocenters. The van der Waals surface area contributed by atoms with E-state index in [1.54, 1.807) is 35.2 Å². The Kier molecular flexibility index (Phi) is 11.0. The van der Waals surface area contributed by atoms with E-state index in [1.165, 1.54) is 10.7 Å². The van der Waals surface area contributed by atoms with Crippen molar-refractivity contribution < 1.29 is 18.0 Å². The van der Waals surface area contributed by atoms with Crippen LogP contribution in [0.5, 0.6) is 0 Å². The Bertz CT molecular complexity index is 1480. The zero-order valence-corrected chi connectivity index (χ0v) is 26.7. The highest BCUT2D eigenvalue weighted by atomic mass is 32.2. The molecule has 3 aromatic carbocycles. The lowest BCUT2D eigenvalue weighted by molar-refractivity contribution is -0.140. The van der Waals surface area contributed by atoms with Crippen molar-refractivity contribution >= 4 is 27.5 Å². The number of aryl methyl sites for hydroxylation is 3. The molecule has 1 aliphatic rings. The van der Waals surface area contributed by atoms with Crippen molar-refractivity contribution in [1.29, 1.82) is 0 Å². The summed E-state index contributed by atoms with van der Waals surface area (Å²) in [6, 6.07) is 21.5. The summed E-state index contributed by atoms with van der Waals surface area (Å²) in [6.07, 6.45) is 6.20. The smallest absolute Gasteiger partial charge is 0.264 e. The van der Waals surface area contributed by atoms with Crippen LogP contribution < -0.4 is 9.62 Å². The number of carbonyl (C=O) groups excluding carboxylic acids is 2. The lowest BCUT2D eigenvalue weighted by atomic mass is 9.95. The predicted octanol–water partition coefficient (Wildman–Crippen LogP) is 6.11. The van der Waals surface area contributed by atoms with Crippen LogP contribution in [0.15, 0.2) is 77.7 Å². The van der Waals surface area contributed by atoms with Gasteiger partial charge in [-0.15, -0.1) is 0 Å². The number of sulfonamides is 1. The Labute approximate surface area is 257 Å². The molecule has 1 unspecified atom stereocenters. The van der Waals surface area contributed by atoms with E-state index in [1.807, 2.05) is 70.2 Å². The molecule has 1 N–H and O–H groups in total. The second kappa shape index (κ2) is 14.7. The van der Waals surface area contributed by atoms with Gasteiger partial charge in [-0.25, -0.2) is 8.42 Å². The molecule has 1 fully saturated rings. The van der Waals surface area contributed by atoms with Crippen LogP contribution in [-0.2, 0) is 26.0 Å². The molecule has 2 amide bonds. The van der Waals surface area contributed by atoms with Gasteiger partial charge in [0.2, 0.25) is 11.8 Å². The topological polar surface area (TPSA) is 86.8 Å². The Hall–Kier alpha value is -3.65. The number of anilines is 1. The number of carbonyl (C=O) groups is 2. The van der Waals surface area contributed by atoms with Crippen molar-refractivity contribution in [3.8, 4) is 0 Å². The quantitative estimate of drug-likeness (QED) is 0.271. The zero-order valence-electron chi connectivity index (χ0n) is 25.9. The lowest BCUT2D eigenvalue weighted by Gasteiger charge is -2.34. The van der Waals surface area contributed by atoms with Crippen LogP contribution in [0.2, 0.25) is 0 Å². The van der Waals surface area contributed by atoms with E-state index in [4.69, 9.17) is 0 Å². The molecule has 0 radical (unpaired) electrons. The van der Waals surface area contributed by atoms with Crippen LogP contribution in [0, 0.1) is 20.8 Å². The SMILES string of the molecule is CCC(C(=O)NC1CCCCC1)N(CCc1ccccc1)C(=O)CN(c1cc(C)ccc1C)S(=O)(=O)c1ccc(C)cc1. The second-order valence-corrected chi connectivity index (χ2v) is 13.6. The van der Waals surface area contributed by atoms with Gasteiger partial charge in [-0.3, -0.25) is 13.9 Å². The number of hydrogen-bond donors (Lipinski definition) is 1. The maximum atomic E-state index is 14.3. The van der Waals surface area contributed by atoms with Gasteiger partial charge < -0.3 is 10.2 Å². The molecular formula is C35H45N3O4S. The van der Waals surface area contributed by atoms with Gasteiger partial charge in [-0.05, 0) is 81.3 Å². The third kappa shape index (κ3) is 8.25. The first-order valence-corrected chi connectivity index (χ1v) is 16.8. The number of amides is 2. The van der Waals surface area contributed by atoms with Crippen LogP contribution in [0.1, 0.15) is 67.7 Å². The zero-order chi connectivity index (χ0) is 31.0. The Morgan fingerprint density at radius 3 is 2.19 bits per heavy atom. The molecule has 7 nitrogen and oxygen atoms in total. The molecule has 0 aromatic heterocycles. The largest absolute Gasteiger partial charge is 0.352 e. The highest BCUT2D eigenvalue weighted by Crippen LogP contribution is 2.29. The van der Waals surface area contributed by atoms with E-state index in [0.29, 0.717) is 25.1 Å². The first-order valence-electron chi connectivity index (χ1n) is 15.4. The minimum atomic E-state index is -4.10. The van der Waals surface area contributed by atoms with Crippen molar-refractivity contribution in [3.05, 3.63) is 95.1 Å². The Morgan fingerprint density at radius 1 is 0.884 bits per heavy atom. The molecule has 1 saturated carbocycles. The lowest BCUT2D eigenvalue weighted by Crippen LogP contribution is -2.54. The second-order valence-electron chi connectivity index (χ2n) is 11.7. The van der Waals surface area contributed by atoms with Crippen molar-refractivity contribution in [3.63, 3.8) is 0 Å². The maximum Gasteiger partial charge on any atom is 0.264 e. The van der Waals surface area contributed by atoms with Crippen molar-refractivity contribution in [1.82, 2.24) is 10.2 Å². The number of nitrogens with zero attached hydrogens (tertiary/aromatic N) is 2. The molecule has 230 valence electrons. The van der Waals surface area contributed by atoms with Crippen LogP contribution >= 0.6 is 0 Å². The number of hydrogen-bond acceptors (Lipinski definition) is 4. The van der Waals surface area contributed by atoms with Gasteiger partial charge in [0.25, 0.3) is 10.0 Å². The molecule has 0 aliphatic heterocycles. The molecule has 0 spiro atoms. The Morgan fingerprint density at radius 2 is 1.53 bits per heavy atom. The van der Waals surface area contributed by atoms with E-state index < -0.39 is 28.5 Å². The summed E-state index contributed by atoms with van der Waals surface area (Å²) in [5, 5.41) is 3.20. The fourth-order valence-corrected chi connectivity index (χ4v) is 7.25. The summed E-state index contributed by atoms with van der Waals surface area (Å²) in [5.74, 6) is -0.575. The first-order chi connectivity index (χ1) is 20.6. The summed E-state index contributed by atoms with van der Waals surface area (Å²) < 4.78 is 29.5. The summed E-state index contributed by atoms with van der Waals surface area (Å²) in [4.78, 5) is 29.7. The average Bonchev–Trinajstić information content (AvgIpc) is 3.00. The van der Waals surface area contributed by atoms with Crippen LogP contribution in [0.3, 0.4) is 0 Å². The molecular weight excluding hydrogens is 558 g/mol. The van der Waals surface area contributed by atoms with Gasteiger partial charge in [0.15, 0.2) is 0 Å². The summed E-state index contributed by atoms with van der Waals surface area (Å²) in [6.45, 7) is 7.43. The minimum absolute atomic E-state index is 0.106. The highest BCUT2D eigenvalue weighted by molar-refractivity contribution is 7.92. The van der Waals surface area contributed by atoms with Crippen LogP contribution in [0.25, 0.3) is 0 Å². The standard InChI is InChI=1S/C35H45N3O4S/c1-5-32(35(40)36-30-14-10-7-11-15-30)37(23-22-29-12-8-6-9-13-29)34(39)25-38(33-24-27(3)16-19-28(33)4)43(41,42)31-20-17-26(2)18-21-31/h6,8-9,12-13,16-21,24,30,32H,5,7,10-11,14-15,22-23,25H2,1-4H3,(H,36,40). The van der Waals surface area contributed by atoms with Gasteiger partial charge in [-0.2, -0.15) is 0 Å². The minimum Gasteiger partial charge on any atom is -0.352 e. The third-order valence-corrected chi connectivity index (χ3v) is 10.1. The third-order valence-electron chi connectivity index (χ3n) is 8.34. The number of benzene rings is 3. The normalized spacial score (nSPS) is 14.6. The van der Waals surface area contributed by atoms with Crippen molar-refractivity contribution in [2.75, 3.05) is 17.4 Å². The summed E-state index contributed by atoms with van der Waals surface area (Å²) in [7, 11) is -4.10. The van der Waals surface area contributed by atoms with Crippen molar-refractivity contribution in [2.45, 2.75) is 89.6 Å². The van der Waals surface area contributed by atoms with Gasteiger partial charge in [0.05, 0.1) is 10.6 Å². The average molecular weight is 604 g/mol. The van der Waals surface area contributed by atoms with Crippen molar-refractivity contribution in [2.24, 2.45) is 0 Å². The molecule has 4 rings (SSSR count). The molecule has 8 heteroatoms. The Balaban J connectivity index is 1.70. The fourth-order valence-electron chi connectivity index (χ4n) is 5.78. The molecule has 0 heterocycles. The monoisotopic (exact) mass is 603 g/mol. The predicted molar refractivity (Wildman–Crippen MR) is 173 cm³/mol. The van der Waals surface area contributed by atoms with Crippen LogP contribution in [0.4, 0.5) is 5.69 Å². The number of rotatable bonds is 12. The van der Waals surface area contributed by atoms with E-state index in [0.717, 1.165) is 47.9 Å². The molecule has 1 aliphatic carbocycles. The van der Waals surface area contributed by atoms with E-state index in [9.17, 15) is 18.0 Å². The highest BCUT2D eigenvalue weighted by Gasteiger charge is 2.34. The maximum absolute atomic E-state index is 14.3. The van der Waals surface area contributed by atoms with Gasteiger partial charge in [0.1, 0.15) is 12.6 Å². The van der Waals surface area contributed by atoms with Gasteiger partial charge in [0, 0.05) is 12.6 Å². The molecule has 0 saturated heterocycles. The molecule has 3 aromatic rings. The van der Waals surface area contributed by atoms with Crippen LogP contribution in [-0.4, -0.2) is 50.3 Å². The fraction of sp³-hybridized carbons (Fsp3) is 0.429. The van der Waals surface area contributed by atoms with Gasteiger partial charge >= 0.3 is 0 Å². The van der Waals surface area contributed by atoms with E-state index in [-0.39, 0.29) is 16.8 Å². The van der Waals surface area contributed by atoms with E-state index in [2.05, 4.69) is 5.32 Å². The number of nitrogens with one attached hydrogen (secondary N) is 1. The first kappa shape index (κ1) is 32.3. The summed E-state index contributed by atoms with van der Waals surface area (Å²) in [5.41, 5.74) is 4.07. The van der Waals surface area contributed by atoms with E-state index >= 15 is 0 Å². The molecule has 0 bridgehead atoms. The van der Waals surface area contributed by atoms with Gasteiger partial charge in [-0.1, -0.05) is 86.3 Å². The summed E-state index contributed by atoms with van der Waals surface area (Å²) >= 11 is 0.